The van der Waals surface area contributed by atoms with Crippen molar-refractivity contribution in [3.63, 3.8) is 0 Å². The maximum Gasteiger partial charge on any atom is 0.274 e. The summed E-state index contributed by atoms with van der Waals surface area (Å²) in [6.07, 6.45) is 13.1. The smallest absolute Gasteiger partial charge is 0.274 e. The average molecular weight is 399 g/mol. The monoisotopic (exact) mass is 399 g/mol. The quantitative estimate of drug-likeness (QED) is 0.493. The fourth-order valence-electron chi connectivity index (χ4n) is 4.36. The van der Waals surface area contributed by atoms with E-state index in [1.165, 1.54) is 25.7 Å². The molecule has 1 aliphatic carbocycles. The second kappa shape index (κ2) is 7.78. The molecule has 4 aromatic heterocycles. The zero-order chi connectivity index (χ0) is 20.5. The number of imidazole rings is 1. The van der Waals surface area contributed by atoms with E-state index < -0.39 is 0 Å². The number of hydrogen-bond acceptors (Lipinski definition) is 3. The summed E-state index contributed by atoms with van der Waals surface area (Å²) in [7, 11) is 1.79. The Morgan fingerprint density at radius 2 is 1.93 bits per heavy atom. The molecule has 0 atom stereocenters. The summed E-state index contributed by atoms with van der Waals surface area (Å²) in [5.41, 5.74) is 3.18. The number of hydrogen-bond donors (Lipinski definition) is 0. The molecule has 1 fully saturated rings. The van der Waals surface area contributed by atoms with E-state index in [1.807, 2.05) is 47.0 Å². The number of aromatic nitrogens is 4. The third-order valence-electron chi connectivity index (χ3n) is 5.94. The molecule has 1 aliphatic rings. The van der Waals surface area contributed by atoms with Crippen LogP contribution in [0.4, 0.5) is 0 Å². The Morgan fingerprint density at radius 1 is 1.10 bits per heavy atom. The minimum Gasteiger partial charge on any atom is -0.351 e. The molecule has 4 aromatic rings. The van der Waals surface area contributed by atoms with Gasteiger partial charge in [-0.25, -0.2) is 4.98 Å². The Hall–Kier alpha value is -3.41. The molecule has 6 heteroatoms. The normalized spacial score (nSPS) is 14.4. The molecular weight excluding hydrogens is 374 g/mol. The Morgan fingerprint density at radius 3 is 2.73 bits per heavy atom. The molecule has 0 saturated heterocycles. The maximum atomic E-state index is 13.2. The van der Waals surface area contributed by atoms with Gasteiger partial charge in [0.15, 0.2) is 5.69 Å². The van der Waals surface area contributed by atoms with Gasteiger partial charge in [0.1, 0.15) is 5.82 Å². The number of carbonyl (C=O) groups excluding carboxylic acids is 1. The van der Waals surface area contributed by atoms with Gasteiger partial charge in [0.05, 0.1) is 17.8 Å². The van der Waals surface area contributed by atoms with Crippen molar-refractivity contribution in [1.82, 2.24) is 23.8 Å². The van der Waals surface area contributed by atoms with Crippen LogP contribution in [0.5, 0.6) is 0 Å². The largest absolute Gasteiger partial charge is 0.351 e. The molecule has 1 amide bonds. The Labute approximate surface area is 175 Å². The summed E-state index contributed by atoms with van der Waals surface area (Å²) in [4.78, 5) is 24.0. The van der Waals surface area contributed by atoms with Crippen LogP contribution in [0, 0.1) is 0 Å². The summed E-state index contributed by atoms with van der Waals surface area (Å²) >= 11 is 0. The van der Waals surface area contributed by atoms with Gasteiger partial charge in [-0.05, 0) is 43.2 Å². The highest BCUT2D eigenvalue weighted by Crippen LogP contribution is 2.32. The van der Waals surface area contributed by atoms with Crippen LogP contribution in [0.25, 0.3) is 16.9 Å². The van der Waals surface area contributed by atoms with E-state index >= 15 is 0 Å². The summed E-state index contributed by atoms with van der Waals surface area (Å²) in [5, 5.41) is 0. The molecule has 1 saturated carbocycles. The first-order chi connectivity index (χ1) is 14.7. The Kier molecular flexibility index (Phi) is 4.83. The number of rotatable bonds is 5. The molecule has 0 N–H and O–H groups in total. The molecule has 30 heavy (non-hydrogen) atoms. The van der Waals surface area contributed by atoms with Crippen molar-refractivity contribution < 1.29 is 4.79 Å². The molecule has 0 radical (unpaired) electrons. The van der Waals surface area contributed by atoms with Crippen molar-refractivity contribution in [1.29, 1.82) is 0 Å². The number of fused-ring (bicyclic) bond motifs is 1. The molecule has 0 unspecified atom stereocenters. The van der Waals surface area contributed by atoms with Gasteiger partial charge in [-0.15, -0.1) is 0 Å². The second-order valence-corrected chi connectivity index (χ2v) is 8.01. The molecule has 0 aliphatic heterocycles. The van der Waals surface area contributed by atoms with E-state index in [4.69, 9.17) is 4.98 Å². The number of nitrogens with zero attached hydrogens (tertiary/aromatic N) is 5. The van der Waals surface area contributed by atoms with Crippen molar-refractivity contribution >= 4 is 11.4 Å². The molecular formula is C24H25N5O. The zero-order valence-electron chi connectivity index (χ0n) is 17.1. The lowest BCUT2D eigenvalue weighted by Gasteiger charge is -2.15. The van der Waals surface area contributed by atoms with Crippen LogP contribution in [0.1, 0.15) is 47.9 Å². The maximum absolute atomic E-state index is 13.2. The lowest BCUT2D eigenvalue weighted by Crippen LogP contribution is -2.27. The van der Waals surface area contributed by atoms with E-state index in [-0.39, 0.29) is 5.91 Å². The van der Waals surface area contributed by atoms with Gasteiger partial charge in [-0.1, -0.05) is 25.0 Å². The van der Waals surface area contributed by atoms with Gasteiger partial charge in [-0.2, -0.15) is 0 Å². The molecule has 6 nitrogen and oxygen atoms in total. The fourth-order valence-corrected chi connectivity index (χ4v) is 4.36. The van der Waals surface area contributed by atoms with E-state index in [9.17, 15) is 4.79 Å². The molecule has 4 heterocycles. The molecule has 5 rings (SSSR count). The van der Waals surface area contributed by atoms with Gasteiger partial charge in [0.25, 0.3) is 5.91 Å². The number of amides is 1. The van der Waals surface area contributed by atoms with Gasteiger partial charge >= 0.3 is 0 Å². The van der Waals surface area contributed by atoms with Crippen LogP contribution < -0.4 is 0 Å². The van der Waals surface area contributed by atoms with Crippen LogP contribution in [0.3, 0.4) is 0 Å². The highest BCUT2D eigenvalue weighted by Gasteiger charge is 2.23. The summed E-state index contributed by atoms with van der Waals surface area (Å²) in [6.45, 7) is 0.443. The highest BCUT2D eigenvalue weighted by atomic mass is 16.2. The molecule has 0 spiro atoms. The fraction of sp³-hybridized carbons (Fsp3) is 0.292. The van der Waals surface area contributed by atoms with Crippen molar-refractivity contribution in [2.24, 2.45) is 0 Å². The lowest BCUT2D eigenvalue weighted by molar-refractivity contribution is 0.0780. The highest BCUT2D eigenvalue weighted by molar-refractivity contribution is 5.99. The second-order valence-electron chi connectivity index (χ2n) is 8.01. The minimum atomic E-state index is -0.106. The summed E-state index contributed by atoms with van der Waals surface area (Å²) in [5.74, 6) is 0.697. The Bertz CT molecular complexity index is 1170. The van der Waals surface area contributed by atoms with Crippen LogP contribution in [0.15, 0.2) is 67.3 Å². The van der Waals surface area contributed by atoms with Gasteiger partial charge in [-0.3, -0.25) is 14.2 Å². The van der Waals surface area contributed by atoms with Crippen LogP contribution in [0.2, 0.25) is 0 Å². The van der Waals surface area contributed by atoms with Crippen LogP contribution in [-0.2, 0) is 6.54 Å². The van der Waals surface area contributed by atoms with Gasteiger partial charge < -0.3 is 9.47 Å². The first kappa shape index (κ1) is 18.6. The standard InChI is InChI=1S/C24H25N5O/c1-27(17-19-8-4-6-13-25-19)24(30)22-21-11-5-7-14-29(21)23(26-22)18-12-15-28(16-18)20-9-2-3-10-20/h4-8,11-16,20H,2-3,9-10,17H2,1H3. The van der Waals surface area contributed by atoms with Crippen molar-refractivity contribution in [3.8, 4) is 11.4 Å². The predicted octanol–water partition coefficient (Wildman–Crippen LogP) is 4.59. The first-order valence-corrected chi connectivity index (χ1v) is 10.5. The summed E-state index contributed by atoms with van der Waals surface area (Å²) in [6, 6.07) is 14.3. The van der Waals surface area contributed by atoms with Crippen molar-refractivity contribution in [2.75, 3.05) is 7.05 Å². The van der Waals surface area contributed by atoms with Crippen molar-refractivity contribution in [3.05, 3.63) is 78.6 Å². The SMILES string of the molecule is CN(Cc1ccccn1)C(=O)c1nc(-c2ccn(C3CCCC3)c2)n2ccccc12. The Balaban J connectivity index is 1.49. The van der Waals surface area contributed by atoms with Gasteiger partial charge in [0, 0.05) is 43.4 Å². The van der Waals surface area contributed by atoms with Crippen LogP contribution >= 0.6 is 0 Å². The van der Waals surface area contributed by atoms with E-state index in [1.54, 1.807) is 18.1 Å². The number of carbonyl (C=O) groups is 1. The molecule has 0 aromatic carbocycles. The average Bonchev–Trinajstić information content (AvgIpc) is 3.52. The van der Waals surface area contributed by atoms with E-state index in [2.05, 4.69) is 28.0 Å². The van der Waals surface area contributed by atoms with E-state index in [0.29, 0.717) is 18.3 Å². The number of pyridine rings is 2. The first-order valence-electron chi connectivity index (χ1n) is 10.5. The van der Waals surface area contributed by atoms with Crippen molar-refractivity contribution in [2.45, 2.75) is 38.3 Å². The van der Waals surface area contributed by atoms with Crippen LogP contribution in [-0.4, -0.2) is 36.8 Å². The molecule has 152 valence electrons. The van der Waals surface area contributed by atoms with E-state index in [0.717, 1.165) is 22.6 Å². The molecule has 0 bridgehead atoms. The summed E-state index contributed by atoms with van der Waals surface area (Å²) < 4.78 is 4.32. The predicted molar refractivity (Wildman–Crippen MR) is 116 cm³/mol. The topological polar surface area (TPSA) is 55.4 Å². The zero-order valence-corrected chi connectivity index (χ0v) is 17.1. The third-order valence-corrected chi connectivity index (χ3v) is 5.94. The third kappa shape index (κ3) is 3.38. The lowest BCUT2D eigenvalue weighted by atomic mass is 10.2. The van der Waals surface area contributed by atoms with Gasteiger partial charge in [0.2, 0.25) is 0 Å². The minimum absolute atomic E-state index is 0.106.